The third kappa shape index (κ3) is 4.97. The van der Waals surface area contributed by atoms with Crippen LogP contribution in [0, 0.1) is 0 Å². The Hall–Kier alpha value is -7.32. The van der Waals surface area contributed by atoms with E-state index in [1.165, 1.54) is 141 Å². The van der Waals surface area contributed by atoms with Crippen LogP contribution in [0.4, 0.5) is 0 Å². The normalized spacial score (nSPS) is 14.4. The summed E-state index contributed by atoms with van der Waals surface area (Å²) in [6, 6.07) is 73.7. The maximum Gasteiger partial charge on any atom is 0.0437 e. The highest BCUT2D eigenvalue weighted by atomic mass is 32.1. The number of hydrogen-bond donors (Lipinski definition) is 0. The molecule has 1 aromatic heterocycles. The average molecular weight is 845 g/mol. The van der Waals surface area contributed by atoms with Crippen LogP contribution in [0.2, 0.25) is 0 Å². The van der Waals surface area contributed by atoms with Crippen molar-refractivity contribution >= 4 is 74.6 Å². The fraction of sp³-hybridized carbons (Fsp3) is 0.0938. The van der Waals surface area contributed by atoms with Crippen molar-refractivity contribution in [3.63, 3.8) is 0 Å². The number of benzene rings is 11. The van der Waals surface area contributed by atoms with Gasteiger partial charge in [0, 0.05) is 36.6 Å². The minimum absolute atomic E-state index is 0.186. The van der Waals surface area contributed by atoms with Crippen molar-refractivity contribution in [3.8, 4) is 55.6 Å². The fourth-order valence-electron chi connectivity index (χ4n) is 12.4. The molecular weight excluding hydrogens is 801 g/mol. The monoisotopic (exact) mass is 844 g/mol. The van der Waals surface area contributed by atoms with Crippen molar-refractivity contribution in [2.24, 2.45) is 0 Å². The molecule has 0 nitrogen and oxygen atoms in total. The molecular formula is C64H44S. The molecule has 65 heavy (non-hydrogen) atoms. The molecule has 1 heteroatoms. The van der Waals surface area contributed by atoms with Crippen LogP contribution in [0.15, 0.2) is 194 Å². The molecule has 0 saturated heterocycles. The predicted molar refractivity (Wildman–Crippen MR) is 281 cm³/mol. The third-order valence-corrected chi connectivity index (χ3v) is 16.6. The van der Waals surface area contributed by atoms with E-state index in [9.17, 15) is 0 Å². The zero-order valence-electron chi connectivity index (χ0n) is 36.9. The van der Waals surface area contributed by atoms with Gasteiger partial charge in [-0.05, 0) is 140 Å². The van der Waals surface area contributed by atoms with Gasteiger partial charge < -0.3 is 0 Å². The van der Waals surface area contributed by atoms with E-state index in [4.69, 9.17) is 0 Å². The van der Waals surface area contributed by atoms with Gasteiger partial charge >= 0.3 is 0 Å². The SMILES string of the molecule is CC1(C)c2ccc(-c3c4c(cc5c3sc3ccccc35)-c3c(ccc5ccccc35)C4(C)C)cc2-c2ccc(-c3c4ccccc4c(-c4cccc5ccccc45)c4ccccc34)cc21. The maximum absolute atomic E-state index is 2.54. The van der Waals surface area contributed by atoms with Crippen molar-refractivity contribution in [3.05, 3.63) is 216 Å². The quantitative estimate of drug-likeness (QED) is 0.155. The van der Waals surface area contributed by atoms with Gasteiger partial charge in [-0.15, -0.1) is 11.3 Å². The molecule has 0 radical (unpaired) electrons. The van der Waals surface area contributed by atoms with Crippen molar-refractivity contribution in [1.29, 1.82) is 0 Å². The van der Waals surface area contributed by atoms with Crippen LogP contribution in [0.5, 0.6) is 0 Å². The smallest absolute Gasteiger partial charge is 0.0437 e. The first kappa shape index (κ1) is 37.1. The summed E-state index contributed by atoms with van der Waals surface area (Å²) in [6.45, 7) is 9.75. The standard InChI is InChI=1S/C64H44S/c1-63(2)53-32-30-39(58-61-52(36-51-44-21-13-14-27-56(44)65-62(51)58)60-42-20-8-6-17-38(42)29-33-54(60)64(61,3)4)34-50(53)43-31-28-40(35-55(43)63)57-46-22-9-11-24-48(46)59(49-25-12-10-23-47(49)57)45-26-15-18-37-16-5-7-19-41(37)45/h5-36H,1-4H3. The van der Waals surface area contributed by atoms with Crippen LogP contribution >= 0.6 is 11.3 Å². The van der Waals surface area contributed by atoms with Crippen LogP contribution in [0.1, 0.15) is 49.9 Å². The van der Waals surface area contributed by atoms with Crippen molar-refractivity contribution in [1.82, 2.24) is 0 Å². The molecule has 2 aliphatic carbocycles. The Morgan fingerprint density at radius 1 is 0.308 bits per heavy atom. The molecule has 0 unspecified atom stereocenters. The van der Waals surface area contributed by atoms with Gasteiger partial charge in [-0.1, -0.05) is 198 Å². The van der Waals surface area contributed by atoms with E-state index < -0.39 is 0 Å². The van der Waals surface area contributed by atoms with Crippen LogP contribution in [0.3, 0.4) is 0 Å². The first-order chi connectivity index (χ1) is 31.8. The van der Waals surface area contributed by atoms with Crippen LogP contribution in [0.25, 0.3) is 119 Å². The second kappa shape index (κ2) is 13.1. The Morgan fingerprint density at radius 2 is 0.877 bits per heavy atom. The third-order valence-electron chi connectivity index (χ3n) is 15.4. The Labute approximate surface area is 383 Å². The summed E-state index contributed by atoms with van der Waals surface area (Å²) in [5.41, 5.74) is 18.6. The van der Waals surface area contributed by atoms with Gasteiger partial charge in [0.2, 0.25) is 0 Å². The van der Waals surface area contributed by atoms with Crippen LogP contribution in [-0.4, -0.2) is 0 Å². The average Bonchev–Trinajstić information content (AvgIpc) is 3.91. The maximum atomic E-state index is 2.54. The second-order valence-corrected chi connectivity index (χ2v) is 20.5. The minimum atomic E-state index is -0.187. The Balaban J connectivity index is 0.990. The van der Waals surface area contributed by atoms with E-state index in [1.807, 2.05) is 11.3 Å². The molecule has 14 rings (SSSR count). The lowest BCUT2D eigenvalue weighted by molar-refractivity contribution is 0.660. The highest BCUT2D eigenvalue weighted by Crippen LogP contribution is 2.59. The molecule has 11 aromatic carbocycles. The molecule has 0 aliphatic heterocycles. The summed E-state index contributed by atoms with van der Waals surface area (Å²) < 4.78 is 2.72. The summed E-state index contributed by atoms with van der Waals surface area (Å²) in [6.07, 6.45) is 0. The van der Waals surface area contributed by atoms with Crippen molar-refractivity contribution in [2.75, 3.05) is 0 Å². The molecule has 12 aromatic rings. The van der Waals surface area contributed by atoms with E-state index in [0.29, 0.717) is 0 Å². The van der Waals surface area contributed by atoms with Crippen LogP contribution in [-0.2, 0) is 10.8 Å². The molecule has 0 N–H and O–H groups in total. The topological polar surface area (TPSA) is 0 Å². The molecule has 2 aliphatic rings. The van der Waals surface area contributed by atoms with Gasteiger partial charge in [-0.3, -0.25) is 0 Å². The molecule has 0 bridgehead atoms. The zero-order chi connectivity index (χ0) is 43.3. The highest BCUT2D eigenvalue weighted by Gasteiger charge is 2.41. The fourth-order valence-corrected chi connectivity index (χ4v) is 13.7. The molecule has 0 fully saturated rings. The largest absolute Gasteiger partial charge is 0.135 e. The van der Waals surface area contributed by atoms with Gasteiger partial charge in [0.25, 0.3) is 0 Å². The highest BCUT2D eigenvalue weighted by molar-refractivity contribution is 7.26. The summed E-state index contributed by atoms with van der Waals surface area (Å²) in [5, 5.41) is 13.0. The molecule has 0 atom stereocenters. The predicted octanol–water partition coefficient (Wildman–Crippen LogP) is 18.3. The van der Waals surface area contributed by atoms with Gasteiger partial charge in [0.05, 0.1) is 0 Å². The van der Waals surface area contributed by atoms with Crippen molar-refractivity contribution < 1.29 is 0 Å². The molecule has 306 valence electrons. The lowest BCUT2D eigenvalue weighted by Gasteiger charge is -2.26. The van der Waals surface area contributed by atoms with Gasteiger partial charge in [0.1, 0.15) is 0 Å². The summed E-state index contributed by atoms with van der Waals surface area (Å²) in [4.78, 5) is 0. The first-order valence-electron chi connectivity index (χ1n) is 23.0. The number of fused-ring (bicyclic) bond motifs is 14. The van der Waals surface area contributed by atoms with E-state index in [-0.39, 0.29) is 10.8 Å². The van der Waals surface area contributed by atoms with E-state index >= 15 is 0 Å². The van der Waals surface area contributed by atoms with Gasteiger partial charge in [0.15, 0.2) is 0 Å². The molecule has 0 saturated carbocycles. The van der Waals surface area contributed by atoms with E-state index in [2.05, 4.69) is 222 Å². The van der Waals surface area contributed by atoms with E-state index in [0.717, 1.165) is 0 Å². The molecule has 0 amide bonds. The first-order valence-corrected chi connectivity index (χ1v) is 23.8. The minimum Gasteiger partial charge on any atom is -0.135 e. The van der Waals surface area contributed by atoms with Gasteiger partial charge in [-0.25, -0.2) is 0 Å². The Bertz CT molecular complexity index is 4000. The van der Waals surface area contributed by atoms with Crippen LogP contribution < -0.4 is 0 Å². The summed E-state index contributed by atoms with van der Waals surface area (Å²) >= 11 is 1.95. The molecule has 1 heterocycles. The number of hydrogen-bond acceptors (Lipinski definition) is 1. The number of rotatable bonds is 3. The Kier molecular flexibility index (Phi) is 7.49. The number of thiophene rings is 1. The van der Waals surface area contributed by atoms with Crippen molar-refractivity contribution in [2.45, 2.75) is 38.5 Å². The summed E-state index contributed by atoms with van der Waals surface area (Å²) in [7, 11) is 0. The second-order valence-electron chi connectivity index (χ2n) is 19.5. The summed E-state index contributed by atoms with van der Waals surface area (Å²) in [5.74, 6) is 0. The lowest BCUT2D eigenvalue weighted by atomic mass is 9.77. The van der Waals surface area contributed by atoms with E-state index in [1.54, 1.807) is 0 Å². The Morgan fingerprint density at radius 3 is 1.62 bits per heavy atom. The molecule has 0 spiro atoms. The van der Waals surface area contributed by atoms with Gasteiger partial charge in [-0.2, -0.15) is 0 Å². The lowest BCUT2D eigenvalue weighted by Crippen LogP contribution is -2.16. The zero-order valence-corrected chi connectivity index (χ0v) is 37.7.